The normalized spacial score (nSPS) is 15.2. The zero-order valence-electron chi connectivity index (χ0n) is 13.4. The van der Waals surface area contributed by atoms with E-state index in [1.807, 2.05) is 6.92 Å². The van der Waals surface area contributed by atoms with Crippen LogP contribution in [-0.2, 0) is 0 Å². The molecule has 25 heavy (non-hydrogen) atoms. The predicted octanol–water partition coefficient (Wildman–Crippen LogP) is 3.67. The van der Waals surface area contributed by atoms with Gasteiger partial charge in [0, 0.05) is 29.3 Å². The number of nitrogens with zero attached hydrogens (tertiary/aromatic N) is 3. The van der Waals surface area contributed by atoms with Gasteiger partial charge in [-0.2, -0.15) is 0 Å². The van der Waals surface area contributed by atoms with E-state index >= 15 is 0 Å². The molecule has 0 amide bonds. The molecule has 9 heteroatoms. The number of aryl methyl sites for hydroxylation is 2. The van der Waals surface area contributed by atoms with Crippen molar-refractivity contribution in [3.63, 3.8) is 0 Å². The van der Waals surface area contributed by atoms with Gasteiger partial charge in [-0.05, 0) is 19.4 Å². The molecule has 1 unspecified atom stereocenters. The van der Waals surface area contributed by atoms with Crippen molar-refractivity contribution in [3.05, 3.63) is 67.2 Å². The van der Waals surface area contributed by atoms with E-state index in [4.69, 9.17) is 17.0 Å². The number of ether oxygens (including phenoxy) is 1. The van der Waals surface area contributed by atoms with Crippen LogP contribution in [0.1, 0.15) is 34.1 Å². The van der Waals surface area contributed by atoms with Crippen molar-refractivity contribution >= 4 is 17.9 Å². The molecule has 8 nitrogen and oxygen atoms in total. The molecular weight excluding hydrogens is 342 g/mol. The summed E-state index contributed by atoms with van der Waals surface area (Å²) in [5, 5.41) is 18.1. The first-order chi connectivity index (χ1) is 12.0. The highest BCUT2D eigenvalue weighted by Gasteiger charge is 2.34. The fourth-order valence-corrected chi connectivity index (χ4v) is 3.45. The second kappa shape index (κ2) is 5.49. The van der Waals surface area contributed by atoms with E-state index in [0.717, 1.165) is 22.4 Å². The number of rotatable bonds is 2. The van der Waals surface area contributed by atoms with E-state index in [1.165, 1.54) is 12.1 Å². The first-order valence-corrected chi connectivity index (χ1v) is 7.94. The van der Waals surface area contributed by atoms with Crippen LogP contribution in [-0.4, -0.2) is 25.1 Å². The highest BCUT2D eigenvalue weighted by atomic mass is 32.1. The third-order valence-electron chi connectivity index (χ3n) is 4.21. The van der Waals surface area contributed by atoms with Gasteiger partial charge in [0.05, 0.1) is 10.5 Å². The molecular formula is C16H13N5O3S. The number of nitro groups is 1. The quantitative estimate of drug-likeness (QED) is 0.322. The van der Waals surface area contributed by atoms with Crippen molar-refractivity contribution in [3.8, 4) is 11.8 Å². The summed E-state index contributed by atoms with van der Waals surface area (Å²) in [7, 11) is 0. The molecule has 0 aliphatic carbocycles. The SMILES string of the molecule is Cc1nc(=S)c2c([nH]1)Oc1n[nH]c(C)c1C2c1ccc([N+](=O)[O-])cc1. The first-order valence-electron chi connectivity index (χ1n) is 7.53. The van der Waals surface area contributed by atoms with Crippen LogP contribution in [0.5, 0.6) is 11.8 Å². The van der Waals surface area contributed by atoms with Crippen molar-refractivity contribution in [1.82, 2.24) is 20.2 Å². The summed E-state index contributed by atoms with van der Waals surface area (Å²) in [5.74, 6) is 1.33. The lowest BCUT2D eigenvalue weighted by Crippen LogP contribution is -2.15. The zero-order chi connectivity index (χ0) is 17.7. The molecule has 1 aliphatic rings. The maximum absolute atomic E-state index is 10.9. The minimum atomic E-state index is -0.423. The lowest BCUT2D eigenvalue weighted by molar-refractivity contribution is -0.384. The Morgan fingerprint density at radius 3 is 2.64 bits per heavy atom. The Hall–Kier alpha value is -3.07. The fourth-order valence-electron chi connectivity index (χ4n) is 3.10. The van der Waals surface area contributed by atoms with E-state index in [1.54, 1.807) is 19.1 Å². The molecule has 1 aromatic carbocycles. The average Bonchev–Trinajstić information content (AvgIpc) is 2.93. The van der Waals surface area contributed by atoms with Crippen molar-refractivity contribution in [2.45, 2.75) is 19.8 Å². The summed E-state index contributed by atoms with van der Waals surface area (Å²) in [6.07, 6.45) is 0. The number of aromatic nitrogens is 4. The monoisotopic (exact) mass is 355 g/mol. The van der Waals surface area contributed by atoms with Gasteiger partial charge >= 0.3 is 0 Å². The minimum absolute atomic E-state index is 0.0346. The largest absolute Gasteiger partial charge is 0.420 e. The molecule has 3 heterocycles. The standard InChI is InChI=1S/C16H13N5O3S/c1-7-11-12(9-3-5-10(6-4-9)21(22)23)13-14(24-15(11)20-19-7)17-8(2)18-16(13)25/h3-6,12H,1-2H3,(H,19,20)(H,17,18,25). The number of nitro benzene ring substituents is 1. The second-order valence-electron chi connectivity index (χ2n) is 5.82. The molecule has 0 spiro atoms. The van der Waals surface area contributed by atoms with Gasteiger partial charge < -0.3 is 9.72 Å². The number of H-pyrrole nitrogens is 2. The van der Waals surface area contributed by atoms with E-state index in [9.17, 15) is 10.1 Å². The number of hydrogen-bond acceptors (Lipinski definition) is 6. The van der Waals surface area contributed by atoms with Gasteiger partial charge in [-0.15, -0.1) is 5.10 Å². The van der Waals surface area contributed by atoms with E-state index in [0.29, 0.717) is 22.2 Å². The molecule has 4 rings (SSSR count). The van der Waals surface area contributed by atoms with Crippen LogP contribution in [0.2, 0.25) is 0 Å². The van der Waals surface area contributed by atoms with Gasteiger partial charge in [0.1, 0.15) is 10.5 Å². The lowest BCUT2D eigenvalue weighted by atomic mass is 9.85. The van der Waals surface area contributed by atoms with Crippen LogP contribution in [0.4, 0.5) is 5.69 Å². The van der Waals surface area contributed by atoms with Crippen LogP contribution in [0, 0.1) is 28.6 Å². The molecule has 1 atom stereocenters. The molecule has 2 N–H and O–H groups in total. The Morgan fingerprint density at radius 2 is 1.96 bits per heavy atom. The van der Waals surface area contributed by atoms with Gasteiger partial charge in [0.2, 0.25) is 11.8 Å². The molecule has 0 fully saturated rings. The van der Waals surface area contributed by atoms with E-state index in [2.05, 4.69) is 20.2 Å². The summed E-state index contributed by atoms with van der Waals surface area (Å²) in [5.41, 5.74) is 3.32. The summed E-state index contributed by atoms with van der Waals surface area (Å²) in [4.78, 5) is 17.9. The lowest BCUT2D eigenvalue weighted by Gasteiger charge is -2.25. The molecule has 1 aliphatic heterocycles. The molecule has 0 saturated heterocycles. The van der Waals surface area contributed by atoms with Gasteiger partial charge in [0.25, 0.3) is 5.69 Å². The highest BCUT2D eigenvalue weighted by molar-refractivity contribution is 7.71. The number of aromatic amines is 2. The van der Waals surface area contributed by atoms with Crippen molar-refractivity contribution in [1.29, 1.82) is 0 Å². The Labute approximate surface area is 147 Å². The van der Waals surface area contributed by atoms with Crippen LogP contribution in [0.15, 0.2) is 24.3 Å². The van der Waals surface area contributed by atoms with Crippen molar-refractivity contribution in [2.24, 2.45) is 0 Å². The number of fused-ring (bicyclic) bond motifs is 2. The van der Waals surface area contributed by atoms with Crippen LogP contribution in [0.3, 0.4) is 0 Å². The average molecular weight is 355 g/mol. The summed E-state index contributed by atoms with van der Waals surface area (Å²) >= 11 is 5.47. The smallest absolute Gasteiger partial charge is 0.269 e. The van der Waals surface area contributed by atoms with Gasteiger partial charge in [-0.25, -0.2) is 4.98 Å². The Bertz CT molecular complexity index is 1050. The van der Waals surface area contributed by atoms with Crippen LogP contribution in [0.25, 0.3) is 0 Å². The third-order valence-corrected chi connectivity index (χ3v) is 4.52. The number of non-ortho nitro benzene ring substituents is 1. The Kier molecular flexibility index (Phi) is 3.39. The maximum Gasteiger partial charge on any atom is 0.269 e. The molecule has 0 saturated carbocycles. The molecule has 2 aromatic heterocycles. The molecule has 0 radical (unpaired) electrons. The minimum Gasteiger partial charge on any atom is -0.420 e. The summed E-state index contributed by atoms with van der Waals surface area (Å²) in [6.45, 7) is 3.69. The predicted molar refractivity (Wildman–Crippen MR) is 91.6 cm³/mol. The van der Waals surface area contributed by atoms with Crippen molar-refractivity contribution < 1.29 is 9.66 Å². The first kappa shape index (κ1) is 15.5. The number of benzene rings is 1. The van der Waals surface area contributed by atoms with Gasteiger partial charge in [0.15, 0.2) is 0 Å². The Balaban J connectivity index is 1.96. The second-order valence-corrected chi connectivity index (χ2v) is 6.21. The topological polar surface area (TPSA) is 110 Å². The number of nitrogens with one attached hydrogen (secondary N) is 2. The molecule has 126 valence electrons. The number of hydrogen-bond donors (Lipinski definition) is 2. The highest BCUT2D eigenvalue weighted by Crippen LogP contribution is 2.47. The van der Waals surface area contributed by atoms with E-state index in [-0.39, 0.29) is 11.6 Å². The summed E-state index contributed by atoms with van der Waals surface area (Å²) < 4.78 is 6.29. The maximum atomic E-state index is 10.9. The Morgan fingerprint density at radius 1 is 1.24 bits per heavy atom. The van der Waals surface area contributed by atoms with Crippen molar-refractivity contribution in [2.75, 3.05) is 0 Å². The zero-order valence-corrected chi connectivity index (χ0v) is 14.2. The van der Waals surface area contributed by atoms with Crippen LogP contribution < -0.4 is 4.74 Å². The fraction of sp³-hybridized carbons (Fsp3) is 0.188. The molecule has 3 aromatic rings. The third kappa shape index (κ3) is 2.40. The van der Waals surface area contributed by atoms with Gasteiger partial charge in [-0.3, -0.25) is 15.2 Å². The van der Waals surface area contributed by atoms with Gasteiger partial charge in [-0.1, -0.05) is 24.4 Å². The van der Waals surface area contributed by atoms with E-state index < -0.39 is 4.92 Å². The van der Waals surface area contributed by atoms with Crippen LogP contribution >= 0.6 is 12.2 Å². The molecule has 0 bridgehead atoms. The summed E-state index contributed by atoms with van der Waals surface area (Å²) in [6, 6.07) is 6.41.